The molecule has 0 saturated carbocycles. The first-order valence-corrected chi connectivity index (χ1v) is 8.80. The van der Waals surface area contributed by atoms with Crippen LogP contribution in [0.25, 0.3) is 11.1 Å². The van der Waals surface area contributed by atoms with Crippen LogP contribution in [0, 0.1) is 0 Å². The van der Waals surface area contributed by atoms with E-state index in [1.54, 1.807) is 14.2 Å². The second kappa shape index (κ2) is 8.41. The number of benzene rings is 3. The lowest BCUT2D eigenvalue weighted by Gasteiger charge is -2.17. The van der Waals surface area contributed by atoms with Crippen molar-refractivity contribution in [1.82, 2.24) is 5.32 Å². The van der Waals surface area contributed by atoms with Crippen molar-refractivity contribution in [1.29, 1.82) is 0 Å². The second-order valence-electron chi connectivity index (χ2n) is 6.25. The van der Waals surface area contributed by atoms with Gasteiger partial charge in [-0.3, -0.25) is 4.79 Å². The number of rotatable bonds is 6. The minimum Gasteiger partial charge on any atom is -0.493 e. The highest BCUT2D eigenvalue weighted by atomic mass is 16.5. The van der Waals surface area contributed by atoms with E-state index in [4.69, 9.17) is 9.47 Å². The summed E-state index contributed by atoms with van der Waals surface area (Å²) in [6, 6.07) is 23.2. The first-order chi connectivity index (χ1) is 13.1. The van der Waals surface area contributed by atoms with E-state index in [0.29, 0.717) is 17.1 Å². The Kier molecular flexibility index (Phi) is 5.77. The number of ether oxygens (including phenoxy) is 2. The van der Waals surface area contributed by atoms with Gasteiger partial charge in [-0.15, -0.1) is 0 Å². The van der Waals surface area contributed by atoms with Crippen molar-refractivity contribution < 1.29 is 14.3 Å². The van der Waals surface area contributed by atoms with Crippen LogP contribution in [-0.2, 0) is 0 Å². The van der Waals surface area contributed by atoms with Gasteiger partial charge in [0.05, 0.1) is 20.3 Å². The molecule has 138 valence electrons. The molecule has 3 aromatic rings. The Labute approximate surface area is 159 Å². The molecule has 27 heavy (non-hydrogen) atoms. The summed E-state index contributed by atoms with van der Waals surface area (Å²) in [6.07, 6.45) is 0. The van der Waals surface area contributed by atoms with Gasteiger partial charge in [-0.05, 0) is 47.9 Å². The maximum absolute atomic E-state index is 12.6. The van der Waals surface area contributed by atoms with Crippen LogP contribution in [0.5, 0.6) is 11.5 Å². The zero-order valence-corrected chi connectivity index (χ0v) is 15.7. The molecule has 0 aliphatic rings. The quantitative estimate of drug-likeness (QED) is 0.682. The third-order valence-electron chi connectivity index (χ3n) is 4.51. The topological polar surface area (TPSA) is 47.6 Å². The summed E-state index contributed by atoms with van der Waals surface area (Å²) in [4.78, 5) is 12.6. The fourth-order valence-corrected chi connectivity index (χ4v) is 2.93. The predicted octanol–water partition coefficient (Wildman–Crippen LogP) is 4.86. The Bertz CT molecular complexity index is 905. The van der Waals surface area contributed by atoms with Crippen LogP contribution < -0.4 is 14.8 Å². The van der Waals surface area contributed by atoms with Crippen LogP contribution in [0.2, 0.25) is 0 Å². The average molecular weight is 361 g/mol. The second-order valence-corrected chi connectivity index (χ2v) is 6.25. The molecular weight excluding hydrogens is 338 g/mol. The van der Waals surface area contributed by atoms with Crippen molar-refractivity contribution in [3.05, 3.63) is 83.9 Å². The maximum Gasteiger partial charge on any atom is 0.251 e. The van der Waals surface area contributed by atoms with E-state index in [1.807, 2.05) is 79.7 Å². The number of methoxy groups -OCH3 is 2. The molecule has 0 aromatic heterocycles. The van der Waals surface area contributed by atoms with Crippen molar-refractivity contribution >= 4 is 5.91 Å². The Morgan fingerprint density at radius 3 is 2.07 bits per heavy atom. The molecule has 0 radical (unpaired) electrons. The van der Waals surface area contributed by atoms with Gasteiger partial charge >= 0.3 is 0 Å². The van der Waals surface area contributed by atoms with E-state index in [2.05, 4.69) is 5.32 Å². The van der Waals surface area contributed by atoms with Gasteiger partial charge in [0.1, 0.15) is 0 Å². The van der Waals surface area contributed by atoms with Gasteiger partial charge < -0.3 is 14.8 Å². The van der Waals surface area contributed by atoms with Crippen LogP contribution in [-0.4, -0.2) is 20.1 Å². The molecule has 3 aromatic carbocycles. The highest BCUT2D eigenvalue weighted by Crippen LogP contribution is 2.30. The number of amides is 1. The van der Waals surface area contributed by atoms with Gasteiger partial charge in [0.15, 0.2) is 11.5 Å². The molecule has 1 atom stereocenters. The molecule has 0 aliphatic heterocycles. The maximum atomic E-state index is 12.6. The smallest absolute Gasteiger partial charge is 0.251 e. The molecule has 0 saturated heterocycles. The van der Waals surface area contributed by atoms with Gasteiger partial charge in [0, 0.05) is 5.56 Å². The number of nitrogens with one attached hydrogen (secondary N) is 1. The molecular formula is C23H23NO3. The SMILES string of the molecule is COc1ccc([C@H](C)NC(=O)c2ccc(-c3ccccc3)cc2)cc1OC. The highest BCUT2D eigenvalue weighted by molar-refractivity contribution is 5.95. The summed E-state index contributed by atoms with van der Waals surface area (Å²) in [6.45, 7) is 1.94. The zero-order chi connectivity index (χ0) is 19.2. The predicted molar refractivity (Wildman–Crippen MR) is 107 cm³/mol. The molecule has 1 N–H and O–H groups in total. The molecule has 4 nitrogen and oxygen atoms in total. The van der Waals surface area contributed by atoms with Crippen LogP contribution in [0.3, 0.4) is 0 Å². The largest absolute Gasteiger partial charge is 0.493 e. The van der Waals surface area contributed by atoms with E-state index in [9.17, 15) is 4.79 Å². The summed E-state index contributed by atoms with van der Waals surface area (Å²) in [5, 5.41) is 3.03. The molecule has 0 fully saturated rings. The molecule has 3 rings (SSSR count). The summed E-state index contributed by atoms with van der Waals surface area (Å²) >= 11 is 0. The third-order valence-corrected chi connectivity index (χ3v) is 4.51. The standard InChI is InChI=1S/C23H23NO3/c1-16(20-13-14-21(26-2)22(15-20)27-3)24-23(25)19-11-9-18(10-12-19)17-7-5-4-6-8-17/h4-16H,1-3H3,(H,24,25)/t16-/m0/s1. The van der Waals surface area contributed by atoms with Crippen molar-refractivity contribution in [3.63, 3.8) is 0 Å². The lowest BCUT2D eigenvalue weighted by atomic mass is 10.0. The van der Waals surface area contributed by atoms with E-state index in [1.165, 1.54) is 0 Å². The lowest BCUT2D eigenvalue weighted by molar-refractivity contribution is 0.0940. The molecule has 0 heterocycles. The summed E-state index contributed by atoms with van der Waals surface area (Å²) in [5.41, 5.74) is 3.78. The summed E-state index contributed by atoms with van der Waals surface area (Å²) < 4.78 is 10.6. The Morgan fingerprint density at radius 2 is 1.44 bits per heavy atom. The summed E-state index contributed by atoms with van der Waals surface area (Å²) in [7, 11) is 3.20. The minimum absolute atomic E-state index is 0.114. The van der Waals surface area contributed by atoms with Crippen molar-refractivity contribution in [3.8, 4) is 22.6 Å². The van der Waals surface area contributed by atoms with Gasteiger partial charge in [-0.2, -0.15) is 0 Å². The molecule has 4 heteroatoms. The van der Waals surface area contributed by atoms with Crippen LogP contribution in [0.15, 0.2) is 72.8 Å². The van der Waals surface area contributed by atoms with E-state index in [0.717, 1.165) is 16.7 Å². The number of carbonyl (C=O) groups is 1. The van der Waals surface area contributed by atoms with E-state index >= 15 is 0 Å². The molecule has 1 amide bonds. The number of carbonyl (C=O) groups excluding carboxylic acids is 1. The van der Waals surface area contributed by atoms with Gasteiger partial charge in [-0.1, -0.05) is 48.5 Å². The zero-order valence-electron chi connectivity index (χ0n) is 15.7. The van der Waals surface area contributed by atoms with Crippen LogP contribution >= 0.6 is 0 Å². The average Bonchev–Trinajstić information content (AvgIpc) is 2.73. The van der Waals surface area contributed by atoms with E-state index < -0.39 is 0 Å². The fourth-order valence-electron chi connectivity index (χ4n) is 2.93. The Balaban J connectivity index is 1.71. The molecule has 0 aliphatic carbocycles. The van der Waals surface area contributed by atoms with Crippen molar-refractivity contribution in [2.75, 3.05) is 14.2 Å². The normalized spacial score (nSPS) is 11.5. The number of hydrogen-bond donors (Lipinski definition) is 1. The summed E-state index contributed by atoms with van der Waals surface area (Å²) in [5.74, 6) is 1.19. The molecule has 0 unspecified atom stereocenters. The third kappa shape index (κ3) is 4.29. The first kappa shape index (κ1) is 18.5. The van der Waals surface area contributed by atoms with Gasteiger partial charge in [0.25, 0.3) is 5.91 Å². The van der Waals surface area contributed by atoms with Gasteiger partial charge in [0.2, 0.25) is 0 Å². The Hall–Kier alpha value is -3.27. The Morgan fingerprint density at radius 1 is 0.815 bits per heavy atom. The van der Waals surface area contributed by atoms with Crippen LogP contribution in [0.1, 0.15) is 28.9 Å². The monoisotopic (exact) mass is 361 g/mol. The van der Waals surface area contributed by atoms with E-state index in [-0.39, 0.29) is 11.9 Å². The first-order valence-electron chi connectivity index (χ1n) is 8.80. The fraction of sp³-hybridized carbons (Fsp3) is 0.174. The van der Waals surface area contributed by atoms with Crippen molar-refractivity contribution in [2.24, 2.45) is 0 Å². The lowest BCUT2D eigenvalue weighted by Crippen LogP contribution is -2.26. The number of hydrogen-bond acceptors (Lipinski definition) is 3. The van der Waals surface area contributed by atoms with Crippen molar-refractivity contribution in [2.45, 2.75) is 13.0 Å². The molecule has 0 spiro atoms. The highest BCUT2D eigenvalue weighted by Gasteiger charge is 2.14. The minimum atomic E-state index is -0.161. The van der Waals surface area contributed by atoms with Crippen LogP contribution in [0.4, 0.5) is 0 Å². The van der Waals surface area contributed by atoms with Gasteiger partial charge in [-0.25, -0.2) is 0 Å². The molecule has 0 bridgehead atoms.